The molecule has 0 saturated heterocycles. The van der Waals surface area contributed by atoms with Crippen LogP contribution in [-0.2, 0) is 16.1 Å². The van der Waals surface area contributed by atoms with Crippen LogP contribution in [0.1, 0.15) is 60.9 Å². The van der Waals surface area contributed by atoms with Gasteiger partial charge in [0, 0.05) is 19.7 Å². The second-order valence-electron chi connectivity index (χ2n) is 8.32. The van der Waals surface area contributed by atoms with Gasteiger partial charge in [0.15, 0.2) is 0 Å². The number of carboxylic acid groups (broad SMARTS) is 1. The number of nitrogens with zero attached hydrogens (tertiary/aromatic N) is 1. The summed E-state index contributed by atoms with van der Waals surface area (Å²) >= 11 is 0. The Bertz CT molecular complexity index is 681. The first-order valence-electron chi connectivity index (χ1n) is 10.4. The predicted molar refractivity (Wildman–Crippen MR) is 107 cm³/mol. The van der Waals surface area contributed by atoms with Gasteiger partial charge in [-0.05, 0) is 68.4 Å². The van der Waals surface area contributed by atoms with E-state index >= 15 is 0 Å². The van der Waals surface area contributed by atoms with Gasteiger partial charge in [0.05, 0.1) is 18.2 Å². The van der Waals surface area contributed by atoms with E-state index in [2.05, 4.69) is 0 Å². The molecule has 1 amide bonds. The number of carboxylic acids is 1. The maximum atomic E-state index is 12.6. The first-order valence-corrected chi connectivity index (χ1v) is 10.4. The van der Waals surface area contributed by atoms with E-state index in [0.29, 0.717) is 36.3 Å². The van der Waals surface area contributed by atoms with Crippen molar-refractivity contribution >= 4 is 11.9 Å². The first kappa shape index (κ1) is 20.8. The van der Waals surface area contributed by atoms with Crippen molar-refractivity contribution in [1.82, 2.24) is 4.90 Å². The van der Waals surface area contributed by atoms with Crippen LogP contribution in [-0.4, -0.2) is 47.6 Å². The largest absolute Gasteiger partial charge is 0.478 e. The van der Waals surface area contributed by atoms with Crippen molar-refractivity contribution in [2.75, 3.05) is 13.7 Å². The molecule has 2 fully saturated rings. The molecule has 3 rings (SSSR count). The Morgan fingerprint density at radius 1 is 1.18 bits per heavy atom. The van der Waals surface area contributed by atoms with E-state index in [9.17, 15) is 14.7 Å². The molecule has 1 aromatic rings. The molecule has 6 heteroatoms. The molecule has 1 atom stereocenters. The Morgan fingerprint density at radius 2 is 1.86 bits per heavy atom. The van der Waals surface area contributed by atoms with Gasteiger partial charge in [-0.3, -0.25) is 4.79 Å². The van der Waals surface area contributed by atoms with Crippen LogP contribution in [0, 0.1) is 11.8 Å². The quantitative estimate of drug-likeness (QED) is 0.714. The summed E-state index contributed by atoms with van der Waals surface area (Å²) in [6, 6.07) is 6.94. The van der Waals surface area contributed by atoms with Gasteiger partial charge < -0.3 is 20.5 Å². The fourth-order valence-electron chi connectivity index (χ4n) is 4.30. The van der Waals surface area contributed by atoms with Crippen LogP contribution in [0.3, 0.4) is 0 Å². The van der Waals surface area contributed by atoms with Crippen molar-refractivity contribution in [3.8, 4) is 0 Å². The molecule has 0 radical (unpaired) electrons. The number of hydrogen-bond acceptors (Lipinski definition) is 4. The minimum atomic E-state index is -0.926. The van der Waals surface area contributed by atoms with Crippen LogP contribution in [0.5, 0.6) is 0 Å². The van der Waals surface area contributed by atoms with Crippen LogP contribution < -0.4 is 5.73 Å². The summed E-state index contributed by atoms with van der Waals surface area (Å²) in [5, 5.41) is 9.23. The van der Waals surface area contributed by atoms with Gasteiger partial charge in [-0.25, -0.2) is 4.79 Å². The van der Waals surface area contributed by atoms with Gasteiger partial charge in [-0.15, -0.1) is 0 Å². The van der Waals surface area contributed by atoms with Gasteiger partial charge in [-0.1, -0.05) is 18.2 Å². The topological polar surface area (TPSA) is 92.9 Å². The minimum Gasteiger partial charge on any atom is -0.478 e. The molecule has 2 aliphatic carbocycles. The zero-order valence-electron chi connectivity index (χ0n) is 16.7. The maximum absolute atomic E-state index is 12.6. The van der Waals surface area contributed by atoms with Crippen molar-refractivity contribution in [3.05, 3.63) is 35.4 Å². The van der Waals surface area contributed by atoms with Crippen molar-refractivity contribution in [3.63, 3.8) is 0 Å². The zero-order valence-corrected chi connectivity index (χ0v) is 16.7. The van der Waals surface area contributed by atoms with Crippen molar-refractivity contribution in [1.29, 1.82) is 0 Å². The molecule has 1 aromatic carbocycles. The summed E-state index contributed by atoms with van der Waals surface area (Å²) in [6.07, 6.45) is 7.31. The van der Waals surface area contributed by atoms with E-state index in [1.165, 1.54) is 6.42 Å². The lowest BCUT2D eigenvalue weighted by atomic mass is 9.78. The number of hydrogen-bond donors (Lipinski definition) is 2. The maximum Gasteiger partial charge on any atom is 0.336 e. The van der Waals surface area contributed by atoms with Crippen molar-refractivity contribution < 1.29 is 19.4 Å². The molecular formula is C22H32N2O4. The predicted octanol–water partition coefficient (Wildman–Crippen LogP) is 3.05. The monoisotopic (exact) mass is 388 g/mol. The molecule has 0 heterocycles. The van der Waals surface area contributed by atoms with E-state index in [-0.39, 0.29) is 11.8 Å². The number of amides is 1. The molecule has 154 valence electrons. The van der Waals surface area contributed by atoms with E-state index < -0.39 is 12.0 Å². The molecule has 0 aromatic heterocycles. The Hall–Kier alpha value is -1.92. The number of rotatable bonds is 8. The minimum absolute atomic E-state index is 0.0923. The van der Waals surface area contributed by atoms with E-state index in [1.54, 1.807) is 18.2 Å². The van der Waals surface area contributed by atoms with Gasteiger partial charge in [-0.2, -0.15) is 0 Å². The fraction of sp³-hybridized carbons (Fsp3) is 0.636. The molecule has 1 unspecified atom stereocenters. The summed E-state index contributed by atoms with van der Waals surface area (Å²) in [7, 11) is 1.89. The number of likely N-dealkylation sites (N-methyl/N-ethyl adjacent to an activating group) is 1. The Balaban J connectivity index is 1.40. The fourth-order valence-corrected chi connectivity index (χ4v) is 4.30. The highest BCUT2D eigenvalue weighted by molar-refractivity contribution is 5.89. The molecular weight excluding hydrogens is 356 g/mol. The number of nitrogens with two attached hydrogens (primary N) is 1. The lowest BCUT2D eigenvalue weighted by molar-refractivity contribution is -0.136. The summed E-state index contributed by atoms with van der Waals surface area (Å²) < 4.78 is 5.82. The number of carbonyl (C=O) groups is 2. The van der Waals surface area contributed by atoms with E-state index in [1.807, 2.05) is 18.0 Å². The van der Waals surface area contributed by atoms with Crippen molar-refractivity contribution in [2.45, 2.75) is 63.6 Å². The van der Waals surface area contributed by atoms with Crippen molar-refractivity contribution in [2.24, 2.45) is 17.6 Å². The van der Waals surface area contributed by atoms with Crippen LogP contribution in [0.15, 0.2) is 24.3 Å². The molecule has 3 N–H and O–H groups in total. The van der Waals surface area contributed by atoms with Gasteiger partial charge in [0.2, 0.25) is 5.91 Å². The zero-order chi connectivity index (χ0) is 20.1. The van der Waals surface area contributed by atoms with Crippen LogP contribution in [0.25, 0.3) is 0 Å². The summed E-state index contributed by atoms with van der Waals surface area (Å²) in [5.74, 6) is -0.140. The summed E-state index contributed by atoms with van der Waals surface area (Å²) in [6.45, 7) is 0.929. The molecule has 2 saturated carbocycles. The third-order valence-electron chi connectivity index (χ3n) is 6.51. The Kier molecular flexibility index (Phi) is 7.08. The lowest BCUT2D eigenvalue weighted by Crippen LogP contribution is -2.52. The summed E-state index contributed by atoms with van der Waals surface area (Å²) in [4.78, 5) is 25.7. The Labute approximate surface area is 167 Å². The summed E-state index contributed by atoms with van der Waals surface area (Å²) in [5.41, 5.74) is 7.30. The molecule has 6 nitrogen and oxygen atoms in total. The average Bonchev–Trinajstić information content (AvgIpc) is 2.66. The number of benzene rings is 1. The second kappa shape index (κ2) is 9.52. The molecule has 0 bridgehead atoms. The van der Waals surface area contributed by atoms with Crippen LogP contribution in [0.4, 0.5) is 0 Å². The van der Waals surface area contributed by atoms with Gasteiger partial charge in [0.1, 0.15) is 0 Å². The highest BCUT2D eigenvalue weighted by atomic mass is 16.5. The SMILES string of the molecule is CN(C(=O)C(N)C1CCC(COCc2ccccc2C(=O)O)CC1)C1CCC1. The third-order valence-corrected chi connectivity index (χ3v) is 6.51. The normalized spacial score (nSPS) is 23.6. The standard InChI is InChI=1S/C22H32N2O4/c1-24(18-6-4-7-18)21(25)20(23)16-11-9-15(10-12-16)13-28-14-17-5-2-3-8-19(17)22(26)27/h2-3,5,8,15-16,18,20H,4,6-7,9-14,23H2,1H3,(H,26,27). The van der Waals surface area contributed by atoms with Gasteiger partial charge in [0.25, 0.3) is 0 Å². The second-order valence-corrected chi connectivity index (χ2v) is 8.32. The van der Waals surface area contributed by atoms with E-state index in [4.69, 9.17) is 10.5 Å². The number of carbonyl (C=O) groups excluding carboxylic acids is 1. The Morgan fingerprint density at radius 3 is 2.46 bits per heavy atom. The highest BCUT2D eigenvalue weighted by Crippen LogP contribution is 2.32. The molecule has 2 aliphatic rings. The molecule has 0 aliphatic heterocycles. The average molecular weight is 389 g/mol. The van der Waals surface area contributed by atoms with E-state index in [0.717, 1.165) is 38.5 Å². The lowest BCUT2D eigenvalue weighted by Gasteiger charge is -2.38. The molecule has 0 spiro atoms. The third kappa shape index (κ3) is 4.92. The number of aromatic carboxylic acids is 1. The molecule has 28 heavy (non-hydrogen) atoms. The first-order chi connectivity index (χ1) is 13.5. The number of ether oxygens (including phenoxy) is 1. The van der Waals surface area contributed by atoms with Crippen LogP contribution in [0.2, 0.25) is 0 Å². The van der Waals surface area contributed by atoms with Crippen LogP contribution >= 0.6 is 0 Å². The highest BCUT2D eigenvalue weighted by Gasteiger charge is 2.34. The smallest absolute Gasteiger partial charge is 0.336 e. The van der Waals surface area contributed by atoms with Gasteiger partial charge >= 0.3 is 5.97 Å².